The maximum absolute atomic E-state index is 5.06. The van der Waals surface area contributed by atoms with Crippen LogP contribution in [0.4, 0.5) is 17.5 Å². The summed E-state index contributed by atoms with van der Waals surface area (Å²) in [7, 11) is 3.57. The van der Waals surface area contributed by atoms with Gasteiger partial charge in [0.05, 0.1) is 11.6 Å². The maximum atomic E-state index is 5.06. The first kappa shape index (κ1) is 16.2. The third-order valence-electron chi connectivity index (χ3n) is 3.68. The van der Waals surface area contributed by atoms with Gasteiger partial charge in [-0.05, 0) is 31.0 Å². The van der Waals surface area contributed by atoms with Gasteiger partial charge in [-0.25, -0.2) is 0 Å². The van der Waals surface area contributed by atoms with Gasteiger partial charge in [-0.2, -0.15) is 15.1 Å². The van der Waals surface area contributed by atoms with Gasteiger partial charge in [-0.3, -0.25) is 4.68 Å². The van der Waals surface area contributed by atoms with Crippen molar-refractivity contribution in [1.82, 2.24) is 19.7 Å². The third-order valence-corrected chi connectivity index (χ3v) is 3.68. The van der Waals surface area contributed by atoms with Crippen molar-refractivity contribution in [2.45, 2.75) is 13.3 Å². The van der Waals surface area contributed by atoms with E-state index in [1.54, 1.807) is 18.0 Å². The van der Waals surface area contributed by atoms with Crippen molar-refractivity contribution in [3.63, 3.8) is 0 Å². The molecule has 2 aromatic heterocycles. The summed E-state index contributed by atoms with van der Waals surface area (Å²) in [6.07, 6.45) is 2.67. The second-order valence-corrected chi connectivity index (χ2v) is 5.67. The molecule has 0 unspecified atom stereocenters. The number of hydrogen-bond donors (Lipinski definition) is 2. The molecule has 0 aliphatic rings. The van der Waals surface area contributed by atoms with E-state index >= 15 is 0 Å². The molecule has 0 spiro atoms. The number of nitrogens with one attached hydrogen (secondary N) is 2. The van der Waals surface area contributed by atoms with E-state index in [4.69, 9.17) is 4.74 Å². The zero-order valence-electron chi connectivity index (χ0n) is 14.2. The normalized spacial score (nSPS) is 11.0. The Morgan fingerprint density at radius 2 is 2.12 bits per heavy atom. The number of ether oxygens (including phenoxy) is 1. The Morgan fingerprint density at radius 1 is 1.25 bits per heavy atom. The predicted molar refractivity (Wildman–Crippen MR) is 95.7 cm³/mol. The fraction of sp³-hybridized carbons (Fsp3) is 0.353. The van der Waals surface area contributed by atoms with E-state index in [2.05, 4.69) is 44.8 Å². The summed E-state index contributed by atoms with van der Waals surface area (Å²) in [6.45, 7) is 3.52. The summed E-state index contributed by atoms with van der Waals surface area (Å²) in [4.78, 5) is 9.16. The second kappa shape index (κ2) is 7.27. The van der Waals surface area contributed by atoms with Gasteiger partial charge in [0.2, 0.25) is 5.95 Å². The first-order valence-corrected chi connectivity index (χ1v) is 7.93. The average molecular weight is 326 g/mol. The summed E-state index contributed by atoms with van der Waals surface area (Å²) in [5, 5.41) is 11.8. The van der Waals surface area contributed by atoms with Crippen LogP contribution in [0.2, 0.25) is 0 Å². The lowest BCUT2D eigenvalue weighted by molar-refractivity contribution is 0.197. The van der Waals surface area contributed by atoms with Crippen molar-refractivity contribution in [2.24, 2.45) is 7.05 Å². The van der Waals surface area contributed by atoms with Crippen molar-refractivity contribution in [1.29, 1.82) is 0 Å². The van der Waals surface area contributed by atoms with Crippen LogP contribution in [0.15, 0.2) is 30.5 Å². The number of nitrogens with zero attached hydrogens (tertiary/aromatic N) is 4. The monoisotopic (exact) mass is 326 g/mol. The molecule has 0 saturated heterocycles. The molecule has 0 atom stereocenters. The van der Waals surface area contributed by atoms with Crippen LogP contribution in [-0.2, 0) is 11.8 Å². The molecule has 2 heterocycles. The molecule has 24 heavy (non-hydrogen) atoms. The van der Waals surface area contributed by atoms with E-state index in [1.165, 1.54) is 5.56 Å². The molecular formula is C17H22N6O. The summed E-state index contributed by atoms with van der Waals surface area (Å²) in [5.74, 6) is 1.32. The minimum atomic E-state index is 0.581. The Labute approximate surface area is 141 Å². The SMILES string of the molecule is COCCCNc1nc(Nc2cccc(C)c2)c2cnn(C)c2n1. The molecule has 1 aromatic carbocycles. The lowest BCUT2D eigenvalue weighted by Crippen LogP contribution is -2.09. The maximum Gasteiger partial charge on any atom is 0.226 e. The van der Waals surface area contributed by atoms with E-state index in [-0.39, 0.29) is 0 Å². The van der Waals surface area contributed by atoms with E-state index in [0.29, 0.717) is 12.6 Å². The van der Waals surface area contributed by atoms with Crippen LogP contribution in [0.3, 0.4) is 0 Å². The molecule has 0 amide bonds. The highest BCUT2D eigenvalue weighted by atomic mass is 16.5. The van der Waals surface area contributed by atoms with Crippen molar-refractivity contribution >= 4 is 28.5 Å². The standard InChI is InChI=1S/C17H22N6O/c1-12-6-4-7-13(10-12)20-15-14-11-19-23(2)16(14)22-17(21-15)18-8-5-9-24-3/h4,6-7,10-11H,5,8-9H2,1-3H3,(H2,18,20,21,22). The number of rotatable bonds is 7. The molecule has 7 heteroatoms. The second-order valence-electron chi connectivity index (χ2n) is 5.67. The Hall–Kier alpha value is -2.67. The van der Waals surface area contributed by atoms with Gasteiger partial charge in [0.1, 0.15) is 5.82 Å². The Kier molecular flexibility index (Phi) is 4.90. The number of benzene rings is 1. The topological polar surface area (TPSA) is 76.9 Å². The third kappa shape index (κ3) is 3.62. The summed E-state index contributed by atoms with van der Waals surface area (Å²) in [5.41, 5.74) is 2.97. The molecular weight excluding hydrogens is 304 g/mol. The Balaban J connectivity index is 1.90. The molecule has 126 valence electrons. The van der Waals surface area contributed by atoms with Crippen LogP contribution in [0.25, 0.3) is 11.0 Å². The van der Waals surface area contributed by atoms with Gasteiger partial charge >= 0.3 is 0 Å². The molecule has 0 aliphatic heterocycles. The highest BCUT2D eigenvalue weighted by molar-refractivity contribution is 5.89. The van der Waals surface area contributed by atoms with Crippen LogP contribution in [0, 0.1) is 6.92 Å². The number of methoxy groups -OCH3 is 1. The summed E-state index contributed by atoms with van der Waals surface area (Å²) >= 11 is 0. The van der Waals surface area contributed by atoms with Crippen LogP contribution in [0.1, 0.15) is 12.0 Å². The largest absolute Gasteiger partial charge is 0.385 e. The van der Waals surface area contributed by atoms with E-state index in [9.17, 15) is 0 Å². The highest BCUT2D eigenvalue weighted by Gasteiger charge is 2.11. The Morgan fingerprint density at radius 3 is 2.92 bits per heavy atom. The lowest BCUT2D eigenvalue weighted by atomic mass is 10.2. The van der Waals surface area contributed by atoms with E-state index < -0.39 is 0 Å². The van der Waals surface area contributed by atoms with Gasteiger partial charge in [0.25, 0.3) is 0 Å². The Bertz CT molecular complexity index is 829. The number of anilines is 3. The van der Waals surface area contributed by atoms with Gasteiger partial charge in [-0.1, -0.05) is 12.1 Å². The fourth-order valence-electron chi connectivity index (χ4n) is 2.47. The fourth-order valence-corrected chi connectivity index (χ4v) is 2.47. The molecule has 0 aliphatic carbocycles. The van der Waals surface area contributed by atoms with Crippen LogP contribution in [0.5, 0.6) is 0 Å². The number of hydrogen-bond acceptors (Lipinski definition) is 6. The van der Waals surface area contributed by atoms with Gasteiger partial charge in [-0.15, -0.1) is 0 Å². The van der Waals surface area contributed by atoms with Crippen molar-refractivity contribution < 1.29 is 4.74 Å². The first-order chi connectivity index (χ1) is 11.7. The molecule has 0 fully saturated rings. The smallest absolute Gasteiger partial charge is 0.226 e. The molecule has 0 saturated carbocycles. The summed E-state index contributed by atoms with van der Waals surface area (Å²) in [6, 6.07) is 8.18. The van der Waals surface area contributed by atoms with Crippen molar-refractivity contribution in [3.8, 4) is 0 Å². The molecule has 2 N–H and O–H groups in total. The van der Waals surface area contributed by atoms with E-state index in [1.807, 2.05) is 19.2 Å². The molecule has 0 bridgehead atoms. The average Bonchev–Trinajstić information content (AvgIpc) is 2.93. The van der Waals surface area contributed by atoms with Crippen molar-refractivity contribution in [3.05, 3.63) is 36.0 Å². The van der Waals surface area contributed by atoms with Crippen LogP contribution < -0.4 is 10.6 Å². The molecule has 0 radical (unpaired) electrons. The molecule has 7 nitrogen and oxygen atoms in total. The van der Waals surface area contributed by atoms with Crippen LogP contribution in [-0.4, -0.2) is 40.0 Å². The van der Waals surface area contributed by atoms with Crippen LogP contribution >= 0.6 is 0 Å². The van der Waals surface area contributed by atoms with E-state index in [0.717, 1.165) is 35.5 Å². The quantitative estimate of drug-likeness (QED) is 0.650. The first-order valence-electron chi connectivity index (χ1n) is 7.93. The van der Waals surface area contributed by atoms with Crippen molar-refractivity contribution in [2.75, 3.05) is 30.9 Å². The number of aromatic nitrogens is 4. The molecule has 3 rings (SSSR count). The van der Waals surface area contributed by atoms with Gasteiger partial charge in [0.15, 0.2) is 5.65 Å². The number of aryl methyl sites for hydroxylation is 2. The van der Waals surface area contributed by atoms with Gasteiger partial charge in [0, 0.05) is 33.0 Å². The predicted octanol–water partition coefficient (Wildman–Crippen LogP) is 2.86. The molecule has 3 aromatic rings. The lowest BCUT2D eigenvalue weighted by Gasteiger charge is -2.10. The zero-order chi connectivity index (χ0) is 16.9. The summed E-state index contributed by atoms with van der Waals surface area (Å²) < 4.78 is 6.81. The minimum absolute atomic E-state index is 0.581. The van der Waals surface area contributed by atoms with Gasteiger partial charge < -0.3 is 15.4 Å². The number of fused-ring (bicyclic) bond motifs is 1. The minimum Gasteiger partial charge on any atom is -0.385 e. The zero-order valence-corrected chi connectivity index (χ0v) is 14.2. The highest BCUT2D eigenvalue weighted by Crippen LogP contribution is 2.25.